The SMILES string of the molecule is CC(C)Sc1c(Br)csc1NC(=O)c1nc2c(n1C)CCN(C)C2. The Hall–Kier alpha value is -0.830. The van der Waals surface area contributed by atoms with Crippen LogP contribution in [0.2, 0.25) is 0 Å². The van der Waals surface area contributed by atoms with Gasteiger partial charge in [-0.15, -0.1) is 23.1 Å². The van der Waals surface area contributed by atoms with Gasteiger partial charge in [0.2, 0.25) is 0 Å². The Morgan fingerprint density at radius 1 is 1.46 bits per heavy atom. The highest BCUT2D eigenvalue weighted by molar-refractivity contribution is 9.10. The fourth-order valence-corrected chi connectivity index (χ4v) is 5.54. The van der Waals surface area contributed by atoms with Gasteiger partial charge in [-0.1, -0.05) is 13.8 Å². The number of rotatable bonds is 4. The van der Waals surface area contributed by atoms with E-state index in [9.17, 15) is 4.79 Å². The van der Waals surface area contributed by atoms with Gasteiger partial charge in [0.15, 0.2) is 5.82 Å². The van der Waals surface area contributed by atoms with Crippen molar-refractivity contribution in [1.29, 1.82) is 0 Å². The van der Waals surface area contributed by atoms with Gasteiger partial charge in [0.05, 0.1) is 10.6 Å². The molecule has 3 heterocycles. The van der Waals surface area contributed by atoms with Crippen LogP contribution in [0.3, 0.4) is 0 Å². The average molecular weight is 429 g/mol. The van der Waals surface area contributed by atoms with Gasteiger partial charge >= 0.3 is 0 Å². The minimum absolute atomic E-state index is 0.144. The first kappa shape index (κ1) is 18.0. The number of imidazole rings is 1. The number of carbonyl (C=O) groups is 1. The van der Waals surface area contributed by atoms with E-state index >= 15 is 0 Å². The molecule has 8 heteroatoms. The Balaban J connectivity index is 1.84. The molecule has 1 aliphatic rings. The summed E-state index contributed by atoms with van der Waals surface area (Å²) in [6, 6.07) is 0. The predicted octanol–water partition coefficient (Wildman–Crippen LogP) is 3.98. The van der Waals surface area contributed by atoms with Crippen molar-refractivity contribution >= 4 is 49.9 Å². The number of amides is 1. The van der Waals surface area contributed by atoms with Crippen molar-refractivity contribution in [3.05, 3.63) is 27.1 Å². The molecule has 0 spiro atoms. The number of thiophene rings is 1. The third-order valence-corrected chi connectivity index (χ3v) is 7.28. The molecule has 2 aromatic heterocycles. The summed E-state index contributed by atoms with van der Waals surface area (Å²) >= 11 is 6.85. The maximum absolute atomic E-state index is 12.8. The normalized spacial score (nSPS) is 14.9. The first-order chi connectivity index (χ1) is 11.4. The van der Waals surface area contributed by atoms with Crippen molar-refractivity contribution in [3.8, 4) is 0 Å². The lowest BCUT2D eigenvalue weighted by atomic mass is 10.1. The number of halogens is 1. The van der Waals surface area contributed by atoms with Gasteiger partial charge in [0, 0.05) is 47.4 Å². The summed E-state index contributed by atoms with van der Waals surface area (Å²) in [4.78, 5) is 20.7. The van der Waals surface area contributed by atoms with Crippen LogP contribution in [0.4, 0.5) is 5.00 Å². The summed E-state index contributed by atoms with van der Waals surface area (Å²) in [5, 5.41) is 6.38. The molecule has 0 saturated carbocycles. The Kier molecular flexibility index (Phi) is 5.39. The molecule has 0 aliphatic carbocycles. The molecule has 0 aromatic carbocycles. The molecule has 0 bridgehead atoms. The van der Waals surface area contributed by atoms with Gasteiger partial charge in [-0.2, -0.15) is 0 Å². The van der Waals surface area contributed by atoms with Crippen molar-refractivity contribution in [2.75, 3.05) is 18.9 Å². The van der Waals surface area contributed by atoms with Crippen molar-refractivity contribution < 1.29 is 4.79 Å². The second-order valence-electron chi connectivity index (χ2n) is 6.24. The standard InChI is InChI=1S/C16H21BrN4OS2/c1-9(2)24-13-10(17)8-23-16(13)19-15(22)14-18-11-7-20(3)6-5-12(11)21(14)4/h8-9H,5-7H2,1-4H3,(H,19,22). The van der Waals surface area contributed by atoms with E-state index in [1.54, 1.807) is 11.8 Å². The van der Waals surface area contributed by atoms with Crippen LogP contribution in [0.1, 0.15) is 35.9 Å². The first-order valence-electron chi connectivity index (χ1n) is 7.84. The first-order valence-corrected chi connectivity index (χ1v) is 10.4. The molecule has 0 saturated heterocycles. The minimum Gasteiger partial charge on any atom is -0.327 e. The second kappa shape index (κ2) is 7.19. The van der Waals surface area contributed by atoms with Crippen LogP contribution in [0.5, 0.6) is 0 Å². The van der Waals surface area contributed by atoms with Gasteiger partial charge in [-0.25, -0.2) is 4.98 Å². The fourth-order valence-electron chi connectivity index (χ4n) is 2.78. The number of nitrogens with zero attached hydrogens (tertiary/aromatic N) is 3. The van der Waals surface area contributed by atoms with Gasteiger partial charge in [0.1, 0.15) is 5.00 Å². The van der Waals surface area contributed by atoms with E-state index in [0.717, 1.165) is 39.6 Å². The van der Waals surface area contributed by atoms with Crippen LogP contribution in [0, 0.1) is 0 Å². The van der Waals surface area contributed by atoms with E-state index in [-0.39, 0.29) is 5.91 Å². The van der Waals surface area contributed by atoms with Gasteiger partial charge in [-0.05, 0) is 23.0 Å². The molecule has 0 atom stereocenters. The minimum atomic E-state index is -0.144. The van der Waals surface area contributed by atoms with E-state index in [0.29, 0.717) is 11.1 Å². The third-order valence-electron chi connectivity index (χ3n) is 3.93. The topological polar surface area (TPSA) is 50.2 Å². The molecule has 0 unspecified atom stereocenters. The Bertz CT molecular complexity index is 768. The van der Waals surface area contributed by atoms with E-state index in [1.165, 1.54) is 17.0 Å². The van der Waals surface area contributed by atoms with Gasteiger partial charge in [0.25, 0.3) is 5.91 Å². The highest BCUT2D eigenvalue weighted by Crippen LogP contribution is 2.41. The summed E-state index contributed by atoms with van der Waals surface area (Å²) in [6.07, 6.45) is 0.932. The molecule has 1 N–H and O–H groups in total. The molecule has 5 nitrogen and oxygen atoms in total. The van der Waals surface area contributed by atoms with Crippen LogP contribution in [0.15, 0.2) is 14.7 Å². The monoisotopic (exact) mass is 428 g/mol. The number of fused-ring (bicyclic) bond motifs is 1. The van der Waals surface area contributed by atoms with E-state index < -0.39 is 0 Å². The zero-order valence-electron chi connectivity index (χ0n) is 14.2. The van der Waals surface area contributed by atoms with Crippen molar-refractivity contribution in [1.82, 2.24) is 14.5 Å². The predicted molar refractivity (Wildman–Crippen MR) is 104 cm³/mol. The third kappa shape index (κ3) is 3.56. The van der Waals surface area contributed by atoms with Crippen LogP contribution in [-0.2, 0) is 20.0 Å². The molecule has 1 amide bonds. The lowest BCUT2D eigenvalue weighted by Crippen LogP contribution is -2.27. The lowest BCUT2D eigenvalue weighted by Gasteiger charge is -2.21. The van der Waals surface area contributed by atoms with Crippen molar-refractivity contribution in [2.45, 2.75) is 37.0 Å². The highest BCUT2D eigenvalue weighted by Gasteiger charge is 2.25. The van der Waals surface area contributed by atoms with Crippen molar-refractivity contribution in [3.63, 3.8) is 0 Å². The molecular formula is C16H21BrN4OS2. The molecule has 0 radical (unpaired) electrons. The number of thioether (sulfide) groups is 1. The number of anilines is 1. The second-order valence-corrected chi connectivity index (χ2v) is 9.56. The maximum atomic E-state index is 12.8. The van der Waals surface area contributed by atoms with Crippen LogP contribution < -0.4 is 5.32 Å². The number of carbonyl (C=O) groups excluding carboxylic acids is 1. The number of likely N-dealkylation sites (N-methyl/N-ethyl adjacent to an activating group) is 1. The molecule has 0 fully saturated rings. The summed E-state index contributed by atoms with van der Waals surface area (Å²) in [5.74, 6) is 0.342. The fraction of sp³-hybridized carbons (Fsp3) is 0.500. The van der Waals surface area contributed by atoms with E-state index in [4.69, 9.17) is 0 Å². The number of aromatic nitrogens is 2. The van der Waals surface area contributed by atoms with E-state index in [2.05, 4.69) is 52.0 Å². The molecule has 24 heavy (non-hydrogen) atoms. The molecular weight excluding hydrogens is 408 g/mol. The number of hydrogen-bond donors (Lipinski definition) is 1. The number of nitrogens with one attached hydrogen (secondary N) is 1. The Labute approximate surface area is 159 Å². The van der Waals surface area contributed by atoms with Crippen LogP contribution in [0.25, 0.3) is 0 Å². The summed E-state index contributed by atoms with van der Waals surface area (Å²) in [5.41, 5.74) is 2.18. The molecule has 2 aromatic rings. The summed E-state index contributed by atoms with van der Waals surface area (Å²) in [7, 11) is 4.01. The van der Waals surface area contributed by atoms with Crippen LogP contribution in [-0.4, -0.2) is 39.2 Å². The molecule has 130 valence electrons. The quantitative estimate of drug-likeness (QED) is 0.747. The molecule has 3 rings (SSSR count). The largest absolute Gasteiger partial charge is 0.327 e. The summed E-state index contributed by atoms with van der Waals surface area (Å²) in [6.45, 7) is 6.09. The smallest absolute Gasteiger partial charge is 0.292 e. The molecule has 1 aliphatic heterocycles. The Morgan fingerprint density at radius 3 is 2.92 bits per heavy atom. The van der Waals surface area contributed by atoms with Gasteiger partial charge < -0.3 is 14.8 Å². The zero-order valence-corrected chi connectivity index (χ0v) is 17.4. The Morgan fingerprint density at radius 2 is 2.21 bits per heavy atom. The van der Waals surface area contributed by atoms with Gasteiger partial charge in [-0.3, -0.25) is 4.79 Å². The summed E-state index contributed by atoms with van der Waals surface area (Å²) < 4.78 is 2.97. The lowest BCUT2D eigenvalue weighted by molar-refractivity contribution is 0.101. The number of hydrogen-bond acceptors (Lipinski definition) is 5. The van der Waals surface area contributed by atoms with Crippen LogP contribution >= 0.6 is 39.0 Å². The van der Waals surface area contributed by atoms with E-state index in [1.807, 2.05) is 17.0 Å². The average Bonchev–Trinajstić information content (AvgIpc) is 3.01. The van der Waals surface area contributed by atoms with Crippen molar-refractivity contribution in [2.24, 2.45) is 7.05 Å². The maximum Gasteiger partial charge on any atom is 0.292 e. The zero-order chi connectivity index (χ0) is 17.4. The highest BCUT2D eigenvalue weighted by atomic mass is 79.9.